The van der Waals surface area contributed by atoms with Crippen LogP contribution in [0.4, 0.5) is 0 Å². The van der Waals surface area contributed by atoms with Crippen molar-refractivity contribution < 1.29 is 64.7 Å². The Labute approximate surface area is 114 Å². The Hall–Kier alpha value is 1.89. The first-order chi connectivity index (χ1) is 3.25. The quantitative estimate of drug-likeness (QED) is 0.409. The maximum absolute atomic E-state index is 5.69. The molecule has 0 aliphatic heterocycles. The van der Waals surface area contributed by atoms with Gasteiger partial charge in [-0.3, -0.25) is 0 Å². The van der Waals surface area contributed by atoms with Gasteiger partial charge in [-0.2, -0.15) is 0 Å². The van der Waals surface area contributed by atoms with Gasteiger partial charge in [0, 0.05) is 11.1 Å². The Kier molecular flexibility index (Phi) is 15.3. The molecule has 0 aromatic rings. The topological polar surface area (TPSA) is 52.0 Å². The molecule has 1 radical (unpaired) electrons. The molecule has 0 atom stereocenters. The SMILES string of the molecule is CC(C)(N)C(C)(C)N.[Co+2].[I-].[I-]. The minimum absolute atomic E-state index is 0. The van der Waals surface area contributed by atoms with Crippen molar-refractivity contribution in [2.24, 2.45) is 11.5 Å². The van der Waals surface area contributed by atoms with Crippen molar-refractivity contribution in [1.82, 2.24) is 0 Å². The summed E-state index contributed by atoms with van der Waals surface area (Å²) in [5.74, 6) is 0. The number of halogens is 2. The average molecular weight is 429 g/mol. The number of nitrogens with two attached hydrogens (primary N) is 2. The van der Waals surface area contributed by atoms with Gasteiger partial charge >= 0.3 is 16.8 Å². The summed E-state index contributed by atoms with van der Waals surface area (Å²) in [5, 5.41) is 0. The van der Waals surface area contributed by atoms with Crippen LogP contribution in [0, 0.1) is 0 Å². The van der Waals surface area contributed by atoms with E-state index in [0.29, 0.717) is 0 Å². The fraction of sp³-hybridized carbons (Fsp3) is 1.00. The van der Waals surface area contributed by atoms with Crippen LogP contribution in [-0.4, -0.2) is 11.1 Å². The molecule has 4 N–H and O–H groups in total. The molecule has 0 amide bonds. The normalized spacial score (nSPS) is 10.4. The van der Waals surface area contributed by atoms with Gasteiger partial charge in [0.25, 0.3) is 0 Å². The molecule has 0 aromatic heterocycles. The summed E-state index contributed by atoms with van der Waals surface area (Å²) < 4.78 is 0. The molecule has 0 aliphatic carbocycles. The van der Waals surface area contributed by atoms with E-state index in [1.165, 1.54) is 0 Å². The monoisotopic (exact) mass is 429 g/mol. The van der Waals surface area contributed by atoms with Gasteiger partial charge in [0.1, 0.15) is 0 Å². The third kappa shape index (κ3) is 9.80. The van der Waals surface area contributed by atoms with Crippen LogP contribution in [0.5, 0.6) is 0 Å². The molecule has 0 aromatic carbocycles. The molecule has 0 heterocycles. The molecule has 0 rings (SSSR count). The summed E-state index contributed by atoms with van der Waals surface area (Å²) in [4.78, 5) is 0. The molecule has 0 unspecified atom stereocenters. The van der Waals surface area contributed by atoms with Crippen molar-refractivity contribution in [3.63, 3.8) is 0 Å². The summed E-state index contributed by atoms with van der Waals surface area (Å²) in [6.45, 7) is 7.69. The summed E-state index contributed by atoms with van der Waals surface area (Å²) >= 11 is 0. The average Bonchev–Trinajstić information content (AvgIpc) is 1.25. The zero-order chi connectivity index (χ0) is 7.00. The molecule has 0 aliphatic rings. The van der Waals surface area contributed by atoms with Crippen LogP contribution in [-0.2, 0) is 16.8 Å². The van der Waals surface area contributed by atoms with Gasteiger partial charge in [0.15, 0.2) is 0 Å². The van der Waals surface area contributed by atoms with Gasteiger partial charge in [-0.15, -0.1) is 0 Å². The molecular weight excluding hydrogens is 413 g/mol. The number of rotatable bonds is 1. The summed E-state index contributed by atoms with van der Waals surface area (Å²) in [6.07, 6.45) is 0. The van der Waals surface area contributed by atoms with Gasteiger partial charge in [-0.25, -0.2) is 0 Å². The second-order valence-corrected chi connectivity index (χ2v) is 3.44. The molecular formula is C6H16CoI2N2. The largest absolute Gasteiger partial charge is 2.00 e. The van der Waals surface area contributed by atoms with Gasteiger partial charge in [0.2, 0.25) is 0 Å². The van der Waals surface area contributed by atoms with Gasteiger partial charge in [0.05, 0.1) is 0 Å². The molecule has 0 spiro atoms. The Balaban J connectivity index is -0.0000000817. The zero-order valence-electron chi connectivity index (χ0n) is 7.24. The Morgan fingerprint density at radius 3 is 0.818 bits per heavy atom. The van der Waals surface area contributed by atoms with Crippen molar-refractivity contribution in [3.05, 3.63) is 0 Å². The number of hydrogen-bond acceptors (Lipinski definition) is 2. The molecule has 73 valence electrons. The van der Waals surface area contributed by atoms with E-state index in [9.17, 15) is 0 Å². The van der Waals surface area contributed by atoms with E-state index in [4.69, 9.17) is 11.5 Å². The van der Waals surface area contributed by atoms with Crippen molar-refractivity contribution in [2.75, 3.05) is 0 Å². The summed E-state index contributed by atoms with van der Waals surface area (Å²) in [7, 11) is 0. The molecule has 11 heavy (non-hydrogen) atoms. The second-order valence-electron chi connectivity index (χ2n) is 3.44. The van der Waals surface area contributed by atoms with E-state index in [2.05, 4.69) is 0 Å². The fourth-order valence-electron chi connectivity index (χ4n) is 0. The first kappa shape index (κ1) is 23.1. The van der Waals surface area contributed by atoms with Crippen molar-refractivity contribution >= 4 is 0 Å². The van der Waals surface area contributed by atoms with Crippen LogP contribution in [0.25, 0.3) is 0 Å². The Morgan fingerprint density at radius 2 is 0.818 bits per heavy atom. The first-order valence-corrected chi connectivity index (χ1v) is 2.83. The smallest absolute Gasteiger partial charge is 1.00 e. The molecule has 2 nitrogen and oxygen atoms in total. The van der Waals surface area contributed by atoms with E-state index >= 15 is 0 Å². The predicted octanol–water partition coefficient (Wildman–Crippen LogP) is -5.53. The van der Waals surface area contributed by atoms with Crippen molar-refractivity contribution in [1.29, 1.82) is 0 Å². The van der Waals surface area contributed by atoms with Gasteiger partial charge in [-0.1, -0.05) is 0 Å². The van der Waals surface area contributed by atoms with Crippen LogP contribution in [0.2, 0.25) is 0 Å². The molecule has 0 bridgehead atoms. The summed E-state index contributed by atoms with van der Waals surface area (Å²) in [5.41, 5.74) is 10.8. The minimum atomic E-state index is -0.285. The van der Waals surface area contributed by atoms with Crippen LogP contribution >= 0.6 is 0 Å². The Morgan fingerprint density at radius 1 is 0.727 bits per heavy atom. The van der Waals surface area contributed by atoms with E-state index in [0.717, 1.165) is 0 Å². The second kappa shape index (κ2) is 7.31. The van der Waals surface area contributed by atoms with Crippen LogP contribution in [0.3, 0.4) is 0 Å². The minimum Gasteiger partial charge on any atom is -1.00 e. The standard InChI is InChI=1S/C6H16N2.Co.2HI/c1-5(2,7)6(3,4)8;;;/h7-8H2,1-4H3;;2*1H/q;+2;;/p-2. The van der Waals surface area contributed by atoms with Crippen molar-refractivity contribution in [3.8, 4) is 0 Å². The molecule has 0 saturated heterocycles. The molecule has 0 saturated carbocycles. The fourth-order valence-corrected chi connectivity index (χ4v) is 0. The summed E-state index contributed by atoms with van der Waals surface area (Å²) in [6, 6.07) is 0. The third-order valence-electron chi connectivity index (χ3n) is 1.66. The van der Waals surface area contributed by atoms with E-state index < -0.39 is 0 Å². The molecule has 0 fully saturated rings. The molecule has 5 heteroatoms. The van der Waals surface area contributed by atoms with Gasteiger partial charge in [-0.05, 0) is 27.7 Å². The van der Waals surface area contributed by atoms with Crippen LogP contribution in [0.15, 0.2) is 0 Å². The Bertz CT molecular complexity index is 73.6. The maximum atomic E-state index is 5.69. The van der Waals surface area contributed by atoms with Crippen LogP contribution in [0.1, 0.15) is 27.7 Å². The van der Waals surface area contributed by atoms with E-state index in [1.54, 1.807) is 0 Å². The first-order valence-electron chi connectivity index (χ1n) is 2.83. The maximum Gasteiger partial charge on any atom is 2.00 e. The number of hydrogen-bond donors (Lipinski definition) is 2. The van der Waals surface area contributed by atoms with E-state index in [1.807, 2.05) is 27.7 Å². The van der Waals surface area contributed by atoms with Gasteiger partial charge < -0.3 is 59.4 Å². The van der Waals surface area contributed by atoms with Crippen LogP contribution < -0.4 is 59.4 Å². The predicted molar refractivity (Wildman–Crippen MR) is 36.5 cm³/mol. The zero-order valence-corrected chi connectivity index (χ0v) is 12.6. The third-order valence-corrected chi connectivity index (χ3v) is 1.66. The van der Waals surface area contributed by atoms with E-state index in [-0.39, 0.29) is 75.8 Å². The van der Waals surface area contributed by atoms with Crippen molar-refractivity contribution in [2.45, 2.75) is 38.8 Å².